The van der Waals surface area contributed by atoms with E-state index in [1.807, 2.05) is 0 Å². The summed E-state index contributed by atoms with van der Waals surface area (Å²) in [6, 6.07) is 4.20. The Morgan fingerprint density at radius 2 is 1.71 bits per heavy atom. The second kappa shape index (κ2) is 10.6. The lowest BCUT2D eigenvalue weighted by atomic mass is 9.88. The van der Waals surface area contributed by atoms with Crippen molar-refractivity contribution in [2.24, 2.45) is 11.8 Å². The van der Waals surface area contributed by atoms with Crippen LogP contribution in [0.25, 0.3) is 0 Å². The van der Waals surface area contributed by atoms with Crippen LogP contribution in [-0.2, 0) is 0 Å². The highest BCUT2D eigenvalue weighted by Crippen LogP contribution is 2.26. The molecule has 3 aliphatic rings. The van der Waals surface area contributed by atoms with Gasteiger partial charge in [-0.05, 0) is 56.1 Å². The zero-order chi connectivity index (χ0) is 21.6. The number of rotatable bonds is 6. The Kier molecular flexibility index (Phi) is 7.64. The van der Waals surface area contributed by atoms with Gasteiger partial charge in [-0.2, -0.15) is 0 Å². The second-order valence-corrected chi connectivity index (χ2v) is 9.63. The first-order valence-electron chi connectivity index (χ1n) is 12.0. The van der Waals surface area contributed by atoms with Crippen LogP contribution in [0, 0.1) is 23.5 Å². The van der Waals surface area contributed by atoms with Gasteiger partial charge in [0.05, 0.1) is 0 Å². The van der Waals surface area contributed by atoms with Gasteiger partial charge in [0.15, 0.2) is 11.6 Å². The second-order valence-electron chi connectivity index (χ2n) is 9.63. The molecular weight excluding hydrogens is 398 g/mol. The minimum absolute atomic E-state index is 0.0861. The monoisotopic (exact) mass is 434 g/mol. The molecule has 1 aromatic carbocycles. The maximum Gasteiger partial charge on any atom is 0.315 e. The molecule has 2 amide bonds. The zero-order valence-electron chi connectivity index (χ0n) is 18.4. The normalized spacial score (nSPS) is 23.8. The van der Waals surface area contributed by atoms with Crippen LogP contribution in [0.3, 0.4) is 0 Å². The molecular formula is C24H36F2N4O. The molecule has 172 valence electrons. The Bertz CT molecular complexity index is 732. The fourth-order valence-electron chi connectivity index (χ4n) is 5.38. The first-order chi connectivity index (χ1) is 15.1. The molecule has 0 aromatic heterocycles. The number of likely N-dealkylation sites (tertiary alicyclic amines) is 1. The van der Waals surface area contributed by atoms with Gasteiger partial charge in [0, 0.05) is 57.1 Å². The number of anilines is 1. The summed E-state index contributed by atoms with van der Waals surface area (Å²) in [5.74, 6) is -0.448. The van der Waals surface area contributed by atoms with E-state index in [0.29, 0.717) is 18.2 Å². The molecule has 4 rings (SSSR count). The molecule has 0 radical (unpaired) electrons. The summed E-state index contributed by atoms with van der Waals surface area (Å²) in [6.45, 7) is 5.52. The Morgan fingerprint density at radius 3 is 2.45 bits per heavy atom. The van der Waals surface area contributed by atoms with Gasteiger partial charge in [0.1, 0.15) is 0 Å². The van der Waals surface area contributed by atoms with Crippen molar-refractivity contribution in [3.63, 3.8) is 0 Å². The molecule has 5 nitrogen and oxygen atoms in total. The van der Waals surface area contributed by atoms with Gasteiger partial charge >= 0.3 is 6.03 Å². The van der Waals surface area contributed by atoms with Crippen LogP contribution in [0.2, 0.25) is 0 Å². The van der Waals surface area contributed by atoms with Gasteiger partial charge in [-0.25, -0.2) is 13.6 Å². The molecule has 31 heavy (non-hydrogen) atoms. The third kappa shape index (κ3) is 6.31. The van der Waals surface area contributed by atoms with Gasteiger partial charge in [0.25, 0.3) is 0 Å². The van der Waals surface area contributed by atoms with Gasteiger partial charge in [0.2, 0.25) is 0 Å². The van der Waals surface area contributed by atoms with Crippen molar-refractivity contribution in [3.05, 3.63) is 29.8 Å². The number of nitrogens with zero attached hydrogens (tertiary/aromatic N) is 2. The summed E-state index contributed by atoms with van der Waals surface area (Å²) in [4.78, 5) is 17.0. The fourth-order valence-corrected chi connectivity index (χ4v) is 5.38. The van der Waals surface area contributed by atoms with E-state index in [0.717, 1.165) is 51.4 Å². The molecule has 2 aliphatic heterocycles. The van der Waals surface area contributed by atoms with E-state index in [-0.39, 0.29) is 12.1 Å². The molecule has 3 fully saturated rings. The molecule has 1 unspecified atom stereocenters. The summed E-state index contributed by atoms with van der Waals surface area (Å²) < 4.78 is 26.6. The van der Waals surface area contributed by atoms with Crippen LogP contribution in [0.1, 0.15) is 51.4 Å². The molecule has 1 atom stereocenters. The Balaban J connectivity index is 1.12. The number of amides is 2. The molecule has 1 saturated carbocycles. The Labute approximate surface area is 184 Å². The van der Waals surface area contributed by atoms with E-state index in [1.54, 1.807) is 6.07 Å². The standard InChI is InChI=1S/C24H36F2N4O/c25-22-7-6-21(14-23(22)26)30-13-8-19(17-30)15-27-24(31)28-20-9-11-29(12-10-20)16-18-4-2-1-3-5-18/h6-7,14,18-20H,1-5,8-13,15-17H2,(H2,27,28,31). The zero-order valence-corrected chi connectivity index (χ0v) is 18.4. The lowest BCUT2D eigenvalue weighted by Gasteiger charge is -2.35. The number of hydrogen-bond donors (Lipinski definition) is 2. The van der Waals surface area contributed by atoms with E-state index in [9.17, 15) is 13.6 Å². The van der Waals surface area contributed by atoms with Crippen molar-refractivity contribution in [2.45, 2.75) is 57.4 Å². The van der Waals surface area contributed by atoms with Gasteiger partial charge < -0.3 is 20.4 Å². The van der Waals surface area contributed by atoms with Crippen molar-refractivity contribution in [1.82, 2.24) is 15.5 Å². The van der Waals surface area contributed by atoms with E-state index < -0.39 is 11.6 Å². The average molecular weight is 435 g/mol. The maximum atomic E-state index is 13.5. The van der Waals surface area contributed by atoms with Crippen molar-refractivity contribution in [1.29, 1.82) is 0 Å². The SMILES string of the molecule is O=C(NCC1CCN(c2ccc(F)c(F)c2)C1)NC1CCN(CC2CCCCC2)CC1. The molecule has 0 spiro atoms. The topological polar surface area (TPSA) is 47.6 Å². The number of hydrogen-bond acceptors (Lipinski definition) is 3. The van der Waals surface area contributed by atoms with Crippen LogP contribution < -0.4 is 15.5 Å². The van der Waals surface area contributed by atoms with E-state index in [4.69, 9.17) is 0 Å². The number of nitrogens with one attached hydrogen (secondary N) is 2. The summed E-state index contributed by atoms with van der Waals surface area (Å²) in [5.41, 5.74) is 0.700. The minimum atomic E-state index is -0.822. The van der Waals surface area contributed by atoms with Crippen molar-refractivity contribution in [3.8, 4) is 0 Å². The van der Waals surface area contributed by atoms with Gasteiger partial charge in [-0.15, -0.1) is 0 Å². The molecule has 1 aliphatic carbocycles. The molecule has 2 heterocycles. The molecule has 7 heteroatoms. The number of carbonyl (C=O) groups excluding carboxylic acids is 1. The van der Waals surface area contributed by atoms with Gasteiger partial charge in [-0.1, -0.05) is 19.3 Å². The summed E-state index contributed by atoms with van der Waals surface area (Å²) in [6.07, 6.45) is 9.93. The van der Waals surface area contributed by atoms with E-state index in [2.05, 4.69) is 20.4 Å². The third-order valence-corrected chi connectivity index (χ3v) is 7.27. The predicted octanol–water partition coefficient (Wildman–Crippen LogP) is 4.14. The third-order valence-electron chi connectivity index (χ3n) is 7.27. The molecule has 2 N–H and O–H groups in total. The smallest absolute Gasteiger partial charge is 0.315 e. The first-order valence-corrected chi connectivity index (χ1v) is 12.0. The lowest BCUT2D eigenvalue weighted by Crippen LogP contribution is -2.49. The molecule has 1 aromatic rings. The quantitative estimate of drug-likeness (QED) is 0.708. The molecule has 2 saturated heterocycles. The van der Waals surface area contributed by atoms with E-state index >= 15 is 0 Å². The number of halogens is 2. The number of benzene rings is 1. The maximum absolute atomic E-state index is 13.5. The van der Waals surface area contributed by atoms with Gasteiger partial charge in [-0.3, -0.25) is 0 Å². The highest BCUT2D eigenvalue weighted by atomic mass is 19.2. The minimum Gasteiger partial charge on any atom is -0.371 e. The van der Waals surface area contributed by atoms with Crippen LogP contribution in [0.5, 0.6) is 0 Å². The molecule has 0 bridgehead atoms. The highest BCUT2D eigenvalue weighted by Gasteiger charge is 2.26. The van der Waals surface area contributed by atoms with Crippen LogP contribution in [0.15, 0.2) is 18.2 Å². The highest BCUT2D eigenvalue weighted by molar-refractivity contribution is 5.74. The van der Waals surface area contributed by atoms with Crippen molar-refractivity contribution < 1.29 is 13.6 Å². The van der Waals surface area contributed by atoms with E-state index in [1.165, 1.54) is 50.8 Å². The number of carbonyl (C=O) groups is 1. The van der Waals surface area contributed by atoms with Crippen molar-refractivity contribution in [2.75, 3.05) is 44.2 Å². The van der Waals surface area contributed by atoms with Crippen molar-refractivity contribution >= 4 is 11.7 Å². The Hall–Kier alpha value is -1.89. The first kappa shape index (κ1) is 22.3. The fraction of sp³-hybridized carbons (Fsp3) is 0.708. The average Bonchev–Trinajstić information content (AvgIpc) is 3.25. The number of urea groups is 1. The summed E-state index contributed by atoms with van der Waals surface area (Å²) >= 11 is 0. The summed E-state index contributed by atoms with van der Waals surface area (Å²) in [5, 5.41) is 6.16. The summed E-state index contributed by atoms with van der Waals surface area (Å²) in [7, 11) is 0. The predicted molar refractivity (Wildman–Crippen MR) is 119 cm³/mol. The number of piperidine rings is 1. The van der Waals surface area contributed by atoms with Crippen LogP contribution in [0.4, 0.5) is 19.3 Å². The Morgan fingerprint density at radius 1 is 0.935 bits per heavy atom. The van der Waals surface area contributed by atoms with Crippen LogP contribution >= 0.6 is 0 Å². The van der Waals surface area contributed by atoms with Crippen LogP contribution in [-0.4, -0.2) is 56.2 Å². The lowest BCUT2D eigenvalue weighted by molar-refractivity contribution is 0.155. The largest absolute Gasteiger partial charge is 0.371 e.